The van der Waals surface area contributed by atoms with Crippen molar-refractivity contribution < 1.29 is 0 Å². The second-order valence-corrected chi connectivity index (χ2v) is 4.28. The average molecular weight is 285 g/mol. The smallest absolute Gasteiger partial charge is 0.206 e. The van der Waals surface area contributed by atoms with E-state index < -0.39 is 0 Å². The number of halogens is 1. The lowest BCUT2D eigenvalue weighted by Gasteiger charge is -2.07. The highest BCUT2D eigenvalue weighted by molar-refractivity contribution is 9.10. The van der Waals surface area contributed by atoms with Gasteiger partial charge in [-0.3, -0.25) is 5.43 Å². The number of rotatable bonds is 4. The summed E-state index contributed by atoms with van der Waals surface area (Å²) in [5, 5.41) is 3.11. The minimum Gasteiger partial charge on any atom is -0.355 e. The third kappa shape index (κ3) is 4.63. The van der Waals surface area contributed by atoms with Crippen molar-refractivity contribution in [1.29, 1.82) is 0 Å². The van der Waals surface area contributed by atoms with Crippen molar-refractivity contribution in [3.8, 4) is 0 Å². The van der Waals surface area contributed by atoms with E-state index in [1.807, 2.05) is 24.3 Å². The van der Waals surface area contributed by atoms with E-state index in [1.54, 1.807) is 0 Å². The molecule has 4 nitrogen and oxygen atoms in total. The van der Waals surface area contributed by atoms with E-state index in [-0.39, 0.29) is 0 Å². The predicted octanol–water partition coefficient (Wildman–Crippen LogP) is 1.77. The highest BCUT2D eigenvalue weighted by atomic mass is 79.9. The van der Waals surface area contributed by atoms with Gasteiger partial charge in [0.25, 0.3) is 0 Å². The van der Waals surface area contributed by atoms with Gasteiger partial charge in [-0.2, -0.15) is 0 Å². The summed E-state index contributed by atoms with van der Waals surface area (Å²) in [4.78, 5) is 4.34. The number of guanidine groups is 1. The molecule has 0 amide bonds. The van der Waals surface area contributed by atoms with Crippen molar-refractivity contribution in [1.82, 2.24) is 10.7 Å². The summed E-state index contributed by atoms with van der Waals surface area (Å²) < 4.78 is 1.06. The molecule has 5 heteroatoms. The minimum atomic E-state index is 0.607. The molecule has 4 N–H and O–H groups in total. The normalized spacial score (nSPS) is 11.3. The monoisotopic (exact) mass is 284 g/mol. The van der Waals surface area contributed by atoms with Crippen molar-refractivity contribution in [3.63, 3.8) is 0 Å². The summed E-state index contributed by atoms with van der Waals surface area (Å²) in [7, 11) is 0. The SMILES string of the molecule is CCCNC(=NCc1cccc(Br)c1)NN. The van der Waals surface area contributed by atoms with E-state index >= 15 is 0 Å². The Balaban J connectivity index is 2.55. The number of nitrogens with zero attached hydrogens (tertiary/aromatic N) is 1. The molecule has 0 aromatic heterocycles. The summed E-state index contributed by atoms with van der Waals surface area (Å²) in [6.07, 6.45) is 1.04. The maximum Gasteiger partial charge on any atom is 0.206 e. The molecule has 1 aromatic carbocycles. The summed E-state index contributed by atoms with van der Waals surface area (Å²) in [5.74, 6) is 5.98. The van der Waals surface area contributed by atoms with Crippen molar-refractivity contribution >= 4 is 21.9 Å². The molecule has 88 valence electrons. The molecule has 16 heavy (non-hydrogen) atoms. The van der Waals surface area contributed by atoms with E-state index in [1.165, 1.54) is 0 Å². The van der Waals surface area contributed by atoms with Gasteiger partial charge in [-0.1, -0.05) is 35.0 Å². The highest BCUT2D eigenvalue weighted by Gasteiger charge is 1.95. The van der Waals surface area contributed by atoms with E-state index in [2.05, 4.69) is 38.6 Å². The number of hydrogen-bond donors (Lipinski definition) is 3. The Bertz CT molecular complexity index is 352. The van der Waals surface area contributed by atoms with Crippen LogP contribution in [-0.2, 0) is 6.54 Å². The second kappa shape index (κ2) is 7.24. The van der Waals surface area contributed by atoms with E-state index in [0.29, 0.717) is 12.5 Å². The average Bonchev–Trinajstić information content (AvgIpc) is 2.29. The van der Waals surface area contributed by atoms with Gasteiger partial charge in [-0.15, -0.1) is 0 Å². The molecule has 0 saturated carbocycles. The van der Waals surface area contributed by atoms with Crippen LogP contribution in [0.15, 0.2) is 33.7 Å². The fourth-order valence-corrected chi connectivity index (χ4v) is 1.65. The Kier molecular flexibility index (Phi) is 5.88. The molecule has 0 radical (unpaired) electrons. The van der Waals surface area contributed by atoms with Crippen molar-refractivity contribution in [2.45, 2.75) is 19.9 Å². The van der Waals surface area contributed by atoms with Gasteiger partial charge >= 0.3 is 0 Å². The second-order valence-electron chi connectivity index (χ2n) is 3.37. The fourth-order valence-electron chi connectivity index (χ4n) is 1.20. The molecule has 1 rings (SSSR count). The summed E-state index contributed by atoms with van der Waals surface area (Å²) in [5.41, 5.74) is 3.69. The number of hydrazine groups is 1. The Labute approximate surface area is 104 Å². The van der Waals surface area contributed by atoms with Gasteiger partial charge in [0.15, 0.2) is 0 Å². The number of aliphatic imine (C=N–C) groups is 1. The van der Waals surface area contributed by atoms with Gasteiger partial charge in [0, 0.05) is 11.0 Å². The zero-order valence-electron chi connectivity index (χ0n) is 9.33. The van der Waals surface area contributed by atoms with Crippen LogP contribution in [-0.4, -0.2) is 12.5 Å². The van der Waals surface area contributed by atoms with Crippen LogP contribution >= 0.6 is 15.9 Å². The van der Waals surface area contributed by atoms with E-state index in [0.717, 1.165) is 23.0 Å². The van der Waals surface area contributed by atoms with Crippen molar-refractivity contribution in [3.05, 3.63) is 34.3 Å². The van der Waals surface area contributed by atoms with Crippen LogP contribution < -0.4 is 16.6 Å². The zero-order chi connectivity index (χ0) is 11.8. The van der Waals surface area contributed by atoms with Gasteiger partial charge in [-0.25, -0.2) is 10.8 Å². The van der Waals surface area contributed by atoms with Gasteiger partial charge in [0.2, 0.25) is 5.96 Å². The lowest BCUT2D eigenvalue weighted by molar-refractivity contribution is 0.790. The maximum absolute atomic E-state index is 5.36. The van der Waals surface area contributed by atoms with Crippen LogP contribution in [0.2, 0.25) is 0 Å². The first-order valence-corrected chi connectivity index (χ1v) is 6.05. The molecular weight excluding hydrogens is 268 g/mol. The van der Waals surface area contributed by atoms with Gasteiger partial charge in [0.1, 0.15) is 0 Å². The number of nitrogens with two attached hydrogens (primary N) is 1. The van der Waals surface area contributed by atoms with Crippen LogP contribution in [0.1, 0.15) is 18.9 Å². The third-order valence-corrected chi connectivity index (χ3v) is 2.48. The molecule has 0 atom stereocenters. The largest absolute Gasteiger partial charge is 0.355 e. The Hall–Kier alpha value is -1.07. The van der Waals surface area contributed by atoms with Crippen molar-refractivity contribution in [2.24, 2.45) is 10.8 Å². The van der Waals surface area contributed by atoms with Crippen LogP contribution in [0.5, 0.6) is 0 Å². The first-order chi connectivity index (χ1) is 7.76. The quantitative estimate of drug-likeness (QED) is 0.342. The summed E-state index contributed by atoms with van der Waals surface area (Å²) in [6, 6.07) is 8.05. The van der Waals surface area contributed by atoms with Crippen LogP contribution in [0.25, 0.3) is 0 Å². The standard InChI is InChI=1S/C11H17BrN4/c1-2-6-14-11(16-13)15-8-9-4-3-5-10(12)7-9/h3-5,7H,2,6,8,13H2,1H3,(H2,14,15,16). The molecule has 0 fully saturated rings. The lowest BCUT2D eigenvalue weighted by Crippen LogP contribution is -2.41. The molecule has 0 bridgehead atoms. The fraction of sp³-hybridized carbons (Fsp3) is 0.364. The number of nitrogens with one attached hydrogen (secondary N) is 2. The maximum atomic E-state index is 5.36. The third-order valence-electron chi connectivity index (χ3n) is 1.99. The first-order valence-electron chi connectivity index (χ1n) is 5.25. The Morgan fingerprint density at radius 2 is 2.31 bits per heavy atom. The molecule has 1 aromatic rings. The van der Waals surface area contributed by atoms with Gasteiger partial charge in [0.05, 0.1) is 6.54 Å². The number of hydrogen-bond acceptors (Lipinski definition) is 2. The molecule has 0 saturated heterocycles. The Morgan fingerprint density at radius 1 is 1.50 bits per heavy atom. The topological polar surface area (TPSA) is 62.4 Å². The first kappa shape index (κ1) is 13.0. The minimum absolute atomic E-state index is 0.607. The highest BCUT2D eigenvalue weighted by Crippen LogP contribution is 2.12. The summed E-state index contributed by atoms with van der Waals surface area (Å²) >= 11 is 3.42. The van der Waals surface area contributed by atoms with Crippen LogP contribution in [0, 0.1) is 0 Å². The molecule has 0 heterocycles. The zero-order valence-corrected chi connectivity index (χ0v) is 10.9. The summed E-state index contributed by atoms with van der Waals surface area (Å²) in [6.45, 7) is 3.56. The van der Waals surface area contributed by atoms with Gasteiger partial charge in [-0.05, 0) is 24.1 Å². The van der Waals surface area contributed by atoms with Crippen LogP contribution in [0.4, 0.5) is 0 Å². The van der Waals surface area contributed by atoms with Crippen LogP contribution in [0.3, 0.4) is 0 Å². The lowest BCUT2D eigenvalue weighted by atomic mass is 10.2. The van der Waals surface area contributed by atoms with E-state index in [9.17, 15) is 0 Å². The molecule has 0 aliphatic heterocycles. The molecule has 0 unspecified atom stereocenters. The molecule has 0 aliphatic carbocycles. The predicted molar refractivity (Wildman–Crippen MR) is 70.9 cm³/mol. The molecular formula is C11H17BrN4. The van der Waals surface area contributed by atoms with E-state index in [4.69, 9.17) is 5.84 Å². The van der Waals surface area contributed by atoms with Crippen molar-refractivity contribution in [2.75, 3.05) is 6.54 Å². The molecule has 0 aliphatic rings. The molecule has 0 spiro atoms. The number of benzene rings is 1. The Morgan fingerprint density at radius 3 is 2.94 bits per heavy atom. The van der Waals surface area contributed by atoms with Gasteiger partial charge < -0.3 is 5.32 Å².